The Morgan fingerprint density at radius 1 is 1.03 bits per heavy atom. The molecule has 0 spiro atoms. The number of nitrogens with one attached hydrogen (secondary N) is 1. The van der Waals surface area contributed by atoms with Crippen molar-refractivity contribution in [1.82, 2.24) is 14.7 Å². The van der Waals surface area contributed by atoms with E-state index in [4.69, 9.17) is 28.3 Å². The molecule has 0 saturated carbocycles. The van der Waals surface area contributed by atoms with Crippen LogP contribution in [0.2, 0.25) is 10.0 Å². The summed E-state index contributed by atoms with van der Waals surface area (Å²) in [6, 6.07) is 14.6. The van der Waals surface area contributed by atoms with E-state index in [2.05, 4.69) is 33.0 Å². The minimum atomic E-state index is -0.297. The molecule has 0 unspecified atom stereocenters. The van der Waals surface area contributed by atoms with Crippen molar-refractivity contribution in [3.63, 3.8) is 0 Å². The van der Waals surface area contributed by atoms with Gasteiger partial charge >= 0.3 is 0 Å². The first-order valence-electron chi connectivity index (χ1n) is 12.2. The van der Waals surface area contributed by atoms with Crippen molar-refractivity contribution in [1.29, 1.82) is 0 Å². The number of benzene rings is 2. The molecule has 2 aromatic carbocycles. The van der Waals surface area contributed by atoms with Crippen molar-refractivity contribution in [3.05, 3.63) is 75.4 Å². The first-order valence-corrected chi connectivity index (χ1v) is 13.0. The number of carbonyl (C=O) groups excluding carboxylic acids is 2. The number of hydrogen-bond acceptors (Lipinski definition) is 3. The van der Waals surface area contributed by atoms with Crippen molar-refractivity contribution >= 4 is 40.8 Å². The Morgan fingerprint density at radius 3 is 2.42 bits per heavy atom. The molecular formula is C28H34Cl2N4O2. The van der Waals surface area contributed by atoms with Crippen LogP contribution in [-0.4, -0.2) is 39.6 Å². The Labute approximate surface area is 223 Å². The molecule has 1 heterocycles. The van der Waals surface area contributed by atoms with Crippen LogP contribution in [-0.2, 0) is 10.2 Å². The molecule has 1 aromatic heterocycles. The summed E-state index contributed by atoms with van der Waals surface area (Å²) in [6.07, 6.45) is 2.76. The van der Waals surface area contributed by atoms with Crippen LogP contribution >= 0.6 is 23.2 Å². The van der Waals surface area contributed by atoms with E-state index in [-0.39, 0.29) is 23.8 Å². The number of carbonyl (C=O) groups is 2. The number of anilines is 1. The highest BCUT2D eigenvalue weighted by Gasteiger charge is 2.24. The lowest BCUT2D eigenvalue weighted by atomic mass is 9.92. The number of aromatic nitrogens is 2. The second-order valence-corrected chi connectivity index (χ2v) is 10.8. The number of aryl methyl sites for hydroxylation is 1. The molecule has 1 N–H and O–H groups in total. The minimum Gasteiger partial charge on any atom is -0.329 e. The first-order chi connectivity index (χ1) is 17.0. The number of halogens is 2. The maximum Gasteiger partial charge on any atom is 0.254 e. The van der Waals surface area contributed by atoms with Crippen LogP contribution in [0.15, 0.2) is 48.5 Å². The molecule has 3 rings (SSSR count). The lowest BCUT2D eigenvalue weighted by Crippen LogP contribution is -2.39. The lowest BCUT2D eigenvalue weighted by Gasteiger charge is -2.22. The van der Waals surface area contributed by atoms with Gasteiger partial charge in [0, 0.05) is 23.6 Å². The van der Waals surface area contributed by atoms with E-state index < -0.39 is 0 Å². The number of hydrogen-bond donors (Lipinski definition) is 1. The van der Waals surface area contributed by atoms with Gasteiger partial charge in [-0.05, 0) is 49.2 Å². The van der Waals surface area contributed by atoms with Gasteiger partial charge in [-0.15, -0.1) is 0 Å². The summed E-state index contributed by atoms with van der Waals surface area (Å²) in [4.78, 5) is 28.1. The number of amides is 2. The Kier molecular flexibility index (Phi) is 9.20. The predicted molar refractivity (Wildman–Crippen MR) is 148 cm³/mol. The Hall–Kier alpha value is -2.83. The number of unbranched alkanes of at least 4 members (excludes halogenated alkanes) is 2. The highest BCUT2D eigenvalue weighted by Crippen LogP contribution is 2.27. The molecule has 0 aliphatic rings. The molecular weight excluding hydrogens is 495 g/mol. The summed E-state index contributed by atoms with van der Waals surface area (Å²) in [6.45, 7) is 10.7. The fourth-order valence-corrected chi connectivity index (χ4v) is 4.06. The van der Waals surface area contributed by atoms with Crippen LogP contribution < -0.4 is 5.32 Å². The van der Waals surface area contributed by atoms with Crippen LogP contribution in [0.5, 0.6) is 0 Å². The van der Waals surface area contributed by atoms with Crippen molar-refractivity contribution in [2.75, 3.05) is 18.4 Å². The summed E-state index contributed by atoms with van der Waals surface area (Å²) < 4.78 is 1.74. The summed E-state index contributed by atoms with van der Waals surface area (Å²) in [5, 5.41) is 8.45. The van der Waals surface area contributed by atoms with Gasteiger partial charge in [0.15, 0.2) is 0 Å². The largest absolute Gasteiger partial charge is 0.329 e. The second-order valence-electron chi connectivity index (χ2n) is 10.0. The third kappa shape index (κ3) is 7.11. The van der Waals surface area contributed by atoms with E-state index in [1.165, 1.54) is 0 Å². The van der Waals surface area contributed by atoms with E-state index in [9.17, 15) is 9.59 Å². The van der Waals surface area contributed by atoms with E-state index in [0.29, 0.717) is 28.0 Å². The summed E-state index contributed by atoms with van der Waals surface area (Å²) in [7, 11) is 0. The molecule has 0 atom stereocenters. The zero-order valence-corrected chi connectivity index (χ0v) is 23.1. The van der Waals surface area contributed by atoms with Gasteiger partial charge in [-0.25, -0.2) is 4.68 Å². The molecule has 8 heteroatoms. The third-order valence-electron chi connectivity index (χ3n) is 5.81. The molecule has 0 fully saturated rings. The van der Waals surface area contributed by atoms with Crippen molar-refractivity contribution in [2.24, 2.45) is 0 Å². The van der Waals surface area contributed by atoms with Crippen molar-refractivity contribution < 1.29 is 9.59 Å². The van der Waals surface area contributed by atoms with Crippen LogP contribution in [0.4, 0.5) is 5.82 Å². The zero-order valence-electron chi connectivity index (χ0n) is 21.6. The Bertz CT molecular complexity index is 1230. The molecule has 2 amide bonds. The van der Waals surface area contributed by atoms with Gasteiger partial charge in [0.25, 0.3) is 5.91 Å². The van der Waals surface area contributed by atoms with E-state index in [1.54, 1.807) is 27.8 Å². The van der Waals surface area contributed by atoms with Crippen LogP contribution in [0.25, 0.3) is 5.69 Å². The zero-order chi connectivity index (χ0) is 26.5. The molecule has 3 aromatic rings. The maximum atomic E-state index is 13.3. The normalized spacial score (nSPS) is 11.4. The number of rotatable bonds is 9. The van der Waals surface area contributed by atoms with Gasteiger partial charge in [0.1, 0.15) is 12.4 Å². The highest BCUT2D eigenvalue weighted by molar-refractivity contribution is 6.42. The summed E-state index contributed by atoms with van der Waals surface area (Å²) in [5.74, 6) is 0.00239. The van der Waals surface area contributed by atoms with E-state index >= 15 is 0 Å². The molecule has 0 saturated heterocycles. The van der Waals surface area contributed by atoms with Crippen LogP contribution in [0, 0.1) is 6.92 Å². The van der Waals surface area contributed by atoms with Gasteiger partial charge in [-0.1, -0.05) is 75.9 Å². The van der Waals surface area contributed by atoms with Crippen molar-refractivity contribution in [3.8, 4) is 5.69 Å². The molecule has 0 aliphatic heterocycles. The highest BCUT2D eigenvalue weighted by atomic mass is 35.5. The smallest absolute Gasteiger partial charge is 0.254 e. The van der Waals surface area contributed by atoms with Gasteiger partial charge in [0.05, 0.1) is 21.4 Å². The molecule has 36 heavy (non-hydrogen) atoms. The van der Waals surface area contributed by atoms with Gasteiger partial charge < -0.3 is 10.2 Å². The monoisotopic (exact) mass is 528 g/mol. The quantitative estimate of drug-likeness (QED) is 0.302. The summed E-state index contributed by atoms with van der Waals surface area (Å²) >= 11 is 12.2. The number of nitrogens with zero attached hydrogens (tertiary/aromatic N) is 3. The Morgan fingerprint density at radius 2 is 1.78 bits per heavy atom. The molecule has 192 valence electrons. The van der Waals surface area contributed by atoms with Gasteiger partial charge in [-0.2, -0.15) is 5.10 Å². The molecule has 0 bridgehead atoms. The van der Waals surface area contributed by atoms with Crippen LogP contribution in [0.1, 0.15) is 68.6 Å². The topological polar surface area (TPSA) is 67.2 Å². The predicted octanol–water partition coefficient (Wildman–Crippen LogP) is 7.06. The fourth-order valence-electron chi connectivity index (χ4n) is 3.77. The molecule has 6 nitrogen and oxygen atoms in total. The Balaban J connectivity index is 1.86. The average Bonchev–Trinajstić information content (AvgIpc) is 3.24. The van der Waals surface area contributed by atoms with E-state index in [1.807, 2.05) is 37.3 Å². The SMILES string of the molecule is CCCCCN(CC(=O)Nc1cc(C(C)(C)C)nn1-c1cccc(C)c1)C(=O)c1ccc(Cl)c(Cl)c1. The van der Waals surface area contributed by atoms with Gasteiger partial charge in [0.2, 0.25) is 5.91 Å². The van der Waals surface area contributed by atoms with Crippen molar-refractivity contribution in [2.45, 2.75) is 59.3 Å². The first kappa shape index (κ1) is 27.8. The second kappa shape index (κ2) is 11.9. The van der Waals surface area contributed by atoms with Crippen LogP contribution in [0.3, 0.4) is 0 Å². The summed E-state index contributed by atoms with van der Waals surface area (Å²) in [5.41, 5.74) is 2.99. The fraction of sp³-hybridized carbons (Fsp3) is 0.393. The third-order valence-corrected chi connectivity index (χ3v) is 6.55. The van der Waals surface area contributed by atoms with Gasteiger partial charge in [-0.3, -0.25) is 9.59 Å². The molecule has 0 radical (unpaired) electrons. The minimum absolute atomic E-state index is 0.0906. The lowest BCUT2D eigenvalue weighted by molar-refractivity contribution is -0.117. The standard InChI is InChI=1S/C28H34Cl2N4O2/c1-6-7-8-14-33(27(36)20-12-13-22(29)23(30)16-20)18-26(35)31-25-17-24(28(3,4)5)32-34(25)21-11-9-10-19(2)15-21/h9-13,15-17H,6-8,14,18H2,1-5H3,(H,31,35). The maximum absolute atomic E-state index is 13.3. The average molecular weight is 530 g/mol. The molecule has 0 aliphatic carbocycles. The van der Waals surface area contributed by atoms with E-state index in [0.717, 1.165) is 36.2 Å².